The molecule has 0 amide bonds. The predicted molar refractivity (Wildman–Crippen MR) is 124 cm³/mol. The molecule has 1 fully saturated rings. The Kier molecular flexibility index (Phi) is 7.35. The number of hydrogen-bond acceptors (Lipinski definition) is 5. The molecule has 1 aliphatic heterocycles. The molecule has 2 aromatic carbocycles. The molecule has 0 saturated carbocycles. The number of ether oxygens (including phenoxy) is 2. The topological polar surface area (TPSA) is 48.0 Å². The number of hydrogen-bond donors (Lipinski definition) is 0. The van der Waals surface area contributed by atoms with Gasteiger partial charge in [0, 0.05) is 12.5 Å². The van der Waals surface area contributed by atoms with Crippen LogP contribution in [0.3, 0.4) is 0 Å². The van der Waals surface area contributed by atoms with Crippen molar-refractivity contribution in [3.63, 3.8) is 0 Å². The monoisotopic (exact) mass is 455 g/mol. The lowest BCUT2D eigenvalue weighted by molar-refractivity contribution is -0.179. The first-order valence-electron chi connectivity index (χ1n) is 11.9. The number of carbonyl (C=O) groups excluding carboxylic acids is 1. The molecule has 33 heavy (non-hydrogen) atoms. The molecule has 0 spiro atoms. The number of benzene rings is 2. The Balaban J connectivity index is 1.45. The summed E-state index contributed by atoms with van der Waals surface area (Å²) in [6.45, 7) is 6.88. The largest absolute Gasteiger partial charge is 0.528 e. The molecule has 1 heterocycles. The van der Waals surface area contributed by atoms with Gasteiger partial charge in [-0.05, 0) is 87.3 Å². The first-order valence-corrected chi connectivity index (χ1v) is 11.9. The molecule has 6 heteroatoms. The van der Waals surface area contributed by atoms with Crippen LogP contribution in [0.5, 0.6) is 0 Å². The second kappa shape index (κ2) is 10.2. The van der Waals surface area contributed by atoms with Crippen molar-refractivity contribution in [1.82, 2.24) is 5.06 Å². The van der Waals surface area contributed by atoms with Crippen molar-refractivity contribution in [2.45, 2.75) is 77.1 Å². The van der Waals surface area contributed by atoms with Crippen molar-refractivity contribution in [3.8, 4) is 0 Å². The minimum atomic E-state index is -0.712. The van der Waals surface area contributed by atoms with Gasteiger partial charge in [-0.1, -0.05) is 30.3 Å². The molecule has 1 aliphatic carbocycles. The van der Waals surface area contributed by atoms with E-state index in [4.69, 9.17) is 14.3 Å². The zero-order chi connectivity index (χ0) is 23.4. The summed E-state index contributed by atoms with van der Waals surface area (Å²) < 4.78 is 25.2. The molecule has 1 saturated heterocycles. The van der Waals surface area contributed by atoms with E-state index >= 15 is 0 Å². The molecular formula is C27H34FNO4. The highest BCUT2D eigenvalue weighted by Gasteiger charge is 2.34. The van der Waals surface area contributed by atoms with Gasteiger partial charge in [0.05, 0.1) is 19.3 Å². The summed E-state index contributed by atoms with van der Waals surface area (Å²) >= 11 is 0. The van der Waals surface area contributed by atoms with Crippen LogP contribution in [0.1, 0.15) is 68.2 Å². The van der Waals surface area contributed by atoms with Crippen LogP contribution < -0.4 is 0 Å². The van der Waals surface area contributed by atoms with Gasteiger partial charge in [-0.25, -0.2) is 9.18 Å². The summed E-state index contributed by atoms with van der Waals surface area (Å²) in [5.74, 6) is -0.169. The SMILES string of the molecule is CC(C)(C)OC(=O)ON1CCC(c2ccc(F)cc2)C(OCc2ccc3c(c2)CCCC3)C1. The van der Waals surface area contributed by atoms with Crippen LogP contribution in [0.25, 0.3) is 0 Å². The summed E-state index contributed by atoms with van der Waals surface area (Å²) in [6.07, 6.45) is 4.59. The zero-order valence-corrected chi connectivity index (χ0v) is 19.8. The number of fused-ring (bicyclic) bond motifs is 1. The zero-order valence-electron chi connectivity index (χ0n) is 19.8. The summed E-state index contributed by atoms with van der Waals surface area (Å²) in [7, 11) is 0. The summed E-state index contributed by atoms with van der Waals surface area (Å²) in [5.41, 5.74) is 4.44. The van der Waals surface area contributed by atoms with E-state index in [9.17, 15) is 9.18 Å². The third-order valence-electron chi connectivity index (χ3n) is 6.29. The Labute approximate surface area is 195 Å². The first-order chi connectivity index (χ1) is 15.8. The van der Waals surface area contributed by atoms with Crippen molar-refractivity contribution in [2.75, 3.05) is 13.1 Å². The van der Waals surface area contributed by atoms with E-state index < -0.39 is 11.8 Å². The molecule has 0 aromatic heterocycles. The van der Waals surface area contributed by atoms with Gasteiger partial charge in [-0.3, -0.25) is 0 Å². The van der Waals surface area contributed by atoms with Crippen LogP contribution in [0.15, 0.2) is 42.5 Å². The van der Waals surface area contributed by atoms with Crippen molar-refractivity contribution in [1.29, 1.82) is 0 Å². The predicted octanol–water partition coefficient (Wildman–Crippen LogP) is 5.95. The Morgan fingerprint density at radius 2 is 1.79 bits per heavy atom. The number of hydroxylamine groups is 2. The minimum Gasteiger partial charge on any atom is -0.427 e. The van der Waals surface area contributed by atoms with Gasteiger partial charge >= 0.3 is 6.16 Å². The number of rotatable bonds is 5. The number of carbonyl (C=O) groups is 1. The highest BCUT2D eigenvalue weighted by atomic mass is 19.1. The fourth-order valence-electron chi connectivity index (χ4n) is 4.69. The molecular weight excluding hydrogens is 421 g/mol. The van der Waals surface area contributed by atoms with E-state index in [1.165, 1.54) is 36.1 Å². The summed E-state index contributed by atoms with van der Waals surface area (Å²) in [4.78, 5) is 17.6. The molecule has 0 bridgehead atoms. The highest BCUT2D eigenvalue weighted by Crippen LogP contribution is 2.32. The van der Waals surface area contributed by atoms with Crippen molar-refractivity contribution in [2.24, 2.45) is 0 Å². The fraction of sp³-hybridized carbons (Fsp3) is 0.519. The van der Waals surface area contributed by atoms with Gasteiger partial charge in [0.1, 0.15) is 11.4 Å². The van der Waals surface area contributed by atoms with E-state index in [1.54, 1.807) is 25.8 Å². The lowest BCUT2D eigenvalue weighted by Crippen LogP contribution is -2.45. The van der Waals surface area contributed by atoms with Crippen LogP contribution in [0, 0.1) is 5.82 Å². The maximum Gasteiger partial charge on any atom is 0.528 e. The first kappa shape index (κ1) is 23.7. The number of aryl methyl sites for hydroxylation is 2. The number of nitrogens with zero attached hydrogens (tertiary/aromatic N) is 1. The average molecular weight is 456 g/mol. The molecule has 0 N–H and O–H groups in total. The smallest absolute Gasteiger partial charge is 0.427 e. The quantitative estimate of drug-likeness (QED) is 0.522. The lowest BCUT2D eigenvalue weighted by Gasteiger charge is -2.37. The van der Waals surface area contributed by atoms with E-state index in [2.05, 4.69) is 18.2 Å². The highest BCUT2D eigenvalue weighted by molar-refractivity contribution is 5.60. The summed E-state index contributed by atoms with van der Waals surface area (Å²) in [6, 6.07) is 13.2. The molecule has 0 radical (unpaired) electrons. The molecule has 178 valence electrons. The fourth-order valence-corrected chi connectivity index (χ4v) is 4.69. The van der Waals surface area contributed by atoms with Crippen LogP contribution in [-0.4, -0.2) is 36.0 Å². The second-order valence-corrected chi connectivity index (χ2v) is 10.1. The standard InChI is InChI=1S/C27H34FNO4/c1-27(2,3)32-26(30)33-29-15-14-24(21-10-12-23(28)13-11-21)25(17-29)31-18-19-8-9-20-6-4-5-7-22(20)16-19/h8-13,16,24-25H,4-7,14-15,17-18H2,1-3H3. The van der Waals surface area contributed by atoms with Crippen molar-refractivity contribution >= 4 is 6.16 Å². The summed E-state index contributed by atoms with van der Waals surface area (Å²) in [5, 5.41) is 1.62. The van der Waals surface area contributed by atoms with Crippen molar-refractivity contribution < 1.29 is 23.5 Å². The molecule has 2 aliphatic rings. The molecule has 2 aromatic rings. The third kappa shape index (κ3) is 6.55. The molecule has 4 rings (SSSR count). The minimum absolute atomic E-state index is 0.0849. The van der Waals surface area contributed by atoms with Gasteiger partial charge < -0.3 is 14.3 Å². The van der Waals surface area contributed by atoms with Crippen molar-refractivity contribution in [3.05, 3.63) is 70.5 Å². The molecule has 2 unspecified atom stereocenters. The maximum absolute atomic E-state index is 13.5. The molecule has 5 nitrogen and oxygen atoms in total. The maximum atomic E-state index is 13.5. The van der Waals surface area contributed by atoms with Crippen LogP contribution in [0.2, 0.25) is 0 Å². The normalized spacial score (nSPS) is 21.3. The van der Waals surface area contributed by atoms with Crippen LogP contribution in [0.4, 0.5) is 9.18 Å². The van der Waals surface area contributed by atoms with E-state index in [-0.39, 0.29) is 17.8 Å². The Bertz CT molecular complexity index is 954. The van der Waals surface area contributed by atoms with Gasteiger partial charge in [0.15, 0.2) is 0 Å². The average Bonchev–Trinajstić information content (AvgIpc) is 2.77. The van der Waals surface area contributed by atoms with Crippen LogP contribution >= 0.6 is 0 Å². The lowest BCUT2D eigenvalue weighted by atomic mass is 9.87. The van der Waals surface area contributed by atoms with Crippen LogP contribution in [-0.2, 0) is 33.8 Å². The number of piperidine rings is 1. The van der Waals surface area contributed by atoms with E-state index in [1.807, 2.05) is 12.1 Å². The van der Waals surface area contributed by atoms with Gasteiger partial charge in [0.25, 0.3) is 0 Å². The Hall–Kier alpha value is -2.44. The van der Waals surface area contributed by atoms with Gasteiger partial charge in [-0.15, -0.1) is 5.06 Å². The number of halogens is 1. The molecule has 2 atom stereocenters. The van der Waals surface area contributed by atoms with Gasteiger partial charge in [0.2, 0.25) is 0 Å². The second-order valence-electron chi connectivity index (χ2n) is 10.1. The van der Waals surface area contributed by atoms with Gasteiger partial charge in [-0.2, -0.15) is 0 Å². The van der Waals surface area contributed by atoms with E-state index in [0.717, 1.165) is 30.4 Å². The Morgan fingerprint density at radius 3 is 2.52 bits per heavy atom. The third-order valence-corrected chi connectivity index (χ3v) is 6.29. The van der Waals surface area contributed by atoms with E-state index in [0.29, 0.717) is 19.7 Å². The Morgan fingerprint density at radius 1 is 1.06 bits per heavy atom.